The van der Waals surface area contributed by atoms with Gasteiger partial charge < -0.3 is 4.74 Å². The van der Waals surface area contributed by atoms with Crippen molar-refractivity contribution in [3.63, 3.8) is 0 Å². The molecular weight excluding hydrogens is 336 g/mol. The van der Waals surface area contributed by atoms with Crippen LogP contribution < -0.4 is 0 Å². The Morgan fingerprint density at radius 2 is 2.15 bits per heavy atom. The molecule has 0 amide bonds. The first-order valence-electron chi connectivity index (χ1n) is 9.84. The number of rotatable bonds is 6. The van der Waals surface area contributed by atoms with Crippen molar-refractivity contribution in [1.29, 1.82) is 0 Å². The SMILES string of the molecule is C=C(C)[C@@H]1C[C@@]2(C)C(=CC1=O)C=C[C@H](OC(=O)/C=C/C=C/[C@H](C)CC)[C@@H]2C. The van der Waals surface area contributed by atoms with Gasteiger partial charge in [-0.1, -0.05) is 70.6 Å². The van der Waals surface area contributed by atoms with E-state index < -0.39 is 0 Å². The zero-order valence-electron chi connectivity index (χ0n) is 17.2. The smallest absolute Gasteiger partial charge is 0.331 e. The van der Waals surface area contributed by atoms with E-state index in [9.17, 15) is 9.59 Å². The predicted octanol–water partition coefficient (Wildman–Crippen LogP) is 5.36. The molecule has 0 radical (unpaired) electrons. The molecule has 2 aliphatic rings. The van der Waals surface area contributed by atoms with Crippen LogP contribution in [0.3, 0.4) is 0 Å². The first kappa shape index (κ1) is 21.1. The molecule has 0 N–H and O–H groups in total. The Bertz CT molecular complexity index is 722. The number of carbonyl (C=O) groups is 2. The number of hydrogen-bond acceptors (Lipinski definition) is 3. The normalized spacial score (nSPS) is 31.7. The van der Waals surface area contributed by atoms with Crippen LogP contribution >= 0.6 is 0 Å². The van der Waals surface area contributed by atoms with Crippen molar-refractivity contribution in [3.8, 4) is 0 Å². The highest BCUT2D eigenvalue weighted by Crippen LogP contribution is 2.50. The van der Waals surface area contributed by atoms with Crippen molar-refractivity contribution in [1.82, 2.24) is 0 Å². The average Bonchev–Trinajstić information content (AvgIpc) is 2.62. The summed E-state index contributed by atoms with van der Waals surface area (Å²) in [6.07, 6.45) is 14.2. The van der Waals surface area contributed by atoms with E-state index in [-0.39, 0.29) is 35.1 Å². The summed E-state index contributed by atoms with van der Waals surface area (Å²) in [4.78, 5) is 24.5. The van der Waals surface area contributed by atoms with Crippen molar-refractivity contribution in [2.24, 2.45) is 23.2 Å². The highest BCUT2D eigenvalue weighted by molar-refractivity contribution is 5.96. The molecule has 146 valence electrons. The summed E-state index contributed by atoms with van der Waals surface area (Å²) < 4.78 is 5.69. The molecule has 0 bridgehead atoms. The van der Waals surface area contributed by atoms with E-state index in [1.807, 2.05) is 25.2 Å². The lowest BCUT2D eigenvalue weighted by molar-refractivity contribution is -0.145. The van der Waals surface area contributed by atoms with Gasteiger partial charge in [0.05, 0.1) is 0 Å². The van der Waals surface area contributed by atoms with Gasteiger partial charge in [0.25, 0.3) is 0 Å². The van der Waals surface area contributed by atoms with Crippen LogP contribution in [0.15, 0.2) is 60.3 Å². The first-order chi connectivity index (χ1) is 12.7. The molecule has 0 aromatic carbocycles. The minimum Gasteiger partial charge on any atom is -0.455 e. The van der Waals surface area contributed by atoms with E-state index in [0.29, 0.717) is 12.3 Å². The minimum atomic E-state index is -0.343. The third-order valence-electron chi connectivity index (χ3n) is 6.17. The number of hydrogen-bond donors (Lipinski definition) is 0. The fraction of sp³-hybridized carbons (Fsp3) is 0.500. The summed E-state index contributed by atoms with van der Waals surface area (Å²) in [6, 6.07) is 0. The van der Waals surface area contributed by atoms with Crippen molar-refractivity contribution in [2.75, 3.05) is 0 Å². The molecule has 0 saturated carbocycles. The van der Waals surface area contributed by atoms with E-state index in [1.165, 1.54) is 6.08 Å². The zero-order chi connectivity index (χ0) is 20.2. The third-order valence-corrected chi connectivity index (χ3v) is 6.17. The topological polar surface area (TPSA) is 43.4 Å². The van der Waals surface area contributed by atoms with Crippen molar-refractivity contribution in [3.05, 3.63) is 60.3 Å². The van der Waals surface area contributed by atoms with Gasteiger partial charge in [-0.2, -0.15) is 0 Å². The Balaban J connectivity index is 2.10. The number of allylic oxidation sites excluding steroid dienone is 7. The Morgan fingerprint density at radius 1 is 1.44 bits per heavy atom. The van der Waals surface area contributed by atoms with Gasteiger partial charge in [0.15, 0.2) is 5.78 Å². The van der Waals surface area contributed by atoms with Crippen molar-refractivity contribution >= 4 is 11.8 Å². The molecular formula is C24H32O3. The van der Waals surface area contributed by atoms with Gasteiger partial charge in [-0.05, 0) is 37.0 Å². The van der Waals surface area contributed by atoms with Crippen LogP contribution in [0.5, 0.6) is 0 Å². The second-order valence-electron chi connectivity index (χ2n) is 8.20. The lowest BCUT2D eigenvalue weighted by Crippen LogP contribution is -2.44. The molecule has 0 aromatic rings. The van der Waals surface area contributed by atoms with Gasteiger partial charge >= 0.3 is 5.97 Å². The molecule has 3 heteroatoms. The average molecular weight is 369 g/mol. The van der Waals surface area contributed by atoms with Gasteiger partial charge in [0.1, 0.15) is 6.10 Å². The molecule has 3 nitrogen and oxygen atoms in total. The van der Waals surface area contributed by atoms with E-state index in [2.05, 4.69) is 40.3 Å². The zero-order valence-corrected chi connectivity index (χ0v) is 17.2. The fourth-order valence-corrected chi connectivity index (χ4v) is 3.73. The van der Waals surface area contributed by atoms with Crippen LogP contribution in [-0.4, -0.2) is 17.9 Å². The lowest BCUT2D eigenvalue weighted by Gasteiger charge is -2.46. The Hall–Kier alpha value is -2.16. The first-order valence-corrected chi connectivity index (χ1v) is 9.84. The summed E-state index contributed by atoms with van der Waals surface area (Å²) in [7, 11) is 0. The maximum Gasteiger partial charge on any atom is 0.331 e. The summed E-state index contributed by atoms with van der Waals surface area (Å²) >= 11 is 0. The van der Waals surface area contributed by atoms with E-state index in [4.69, 9.17) is 4.74 Å². The number of ether oxygens (including phenoxy) is 1. The van der Waals surface area contributed by atoms with Crippen LogP contribution in [0.2, 0.25) is 0 Å². The van der Waals surface area contributed by atoms with Crippen LogP contribution in [0.25, 0.3) is 0 Å². The van der Waals surface area contributed by atoms with Gasteiger partial charge in [0.2, 0.25) is 0 Å². The molecule has 0 heterocycles. The van der Waals surface area contributed by atoms with Crippen molar-refractivity contribution in [2.45, 2.75) is 53.6 Å². The van der Waals surface area contributed by atoms with E-state index in [0.717, 1.165) is 17.6 Å². The Kier molecular flexibility index (Phi) is 6.80. The molecule has 0 aliphatic heterocycles. The monoisotopic (exact) mass is 368 g/mol. The maximum atomic E-state index is 12.3. The number of carbonyl (C=O) groups excluding carboxylic acids is 2. The highest BCUT2D eigenvalue weighted by atomic mass is 16.5. The predicted molar refractivity (Wildman–Crippen MR) is 110 cm³/mol. The number of ketones is 1. The second-order valence-corrected chi connectivity index (χ2v) is 8.20. The maximum absolute atomic E-state index is 12.3. The van der Waals surface area contributed by atoms with Gasteiger partial charge in [-0.3, -0.25) is 4.79 Å². The minimum absolute atomic E-state index is 0.0803. The molecule has 5 atom stereocenters. The van der Waals surface area contributed by atoms with Crippen LogP contribution in [0.1, 0.15) is 47.5 Å². The van der Waals surface area contributed by atoms with Gasteiger partial charge in [0, 0.05) is 23.3 Å². The van der Waals surface area contributed by atoms with Crippen molar-refractivity contribution < 1.29 is 14.3 Å². The standard InChI is InChI=1S/C24H32O3/c1-7-17(4)10-8-9-11-23(26)27-22-13-12-19-14-21(25)20(16(2)3)15-24(19,6)18(22)5/h8-14,17-18,20,22H,2,7,15H2,1,3-6H3/b10-8+,11-9+/t17-,18+,20+,22+,24-/m1/s1. The van der Waals surface area contributed by atoms with E-state index in [1.54, 1.807) is 12.2 Å². The Labute approximate surface area is 163 Å². The highest BCUT2D eigenvalue weighted by Gasteiger charge is 2.46. The number of esters is 1. The molecule has 0 fully saturated rings. The van der Waals surface area contributed by atoms with Gasteiger partial charge in [-0.15, -0.1) is 0 Å². The molecule has 2 rings (SSSR count). The molecule has 0 saturated heterocycles. The largest absolute Gasteiger partial charge is 0.455 e. The molecule has 0 aromatic heterocycles. The van der Waals surface area contributed by atoms with Gasteiger partial charge in [-0.25, -0.2) is 4.79 Å². The molecule has 2 aliphatic carbocycles. The Morgan fingerprint density at radius 3 is 2.78 bits per heavy atom. The third kappa shape index (κ3) is 4.77. The number of fused-ring (bicyclic) bond motifs is 1. The summed E-state index contributed by atoms with van der Waals surface area (Å²) in [5.74, 6) is 0.196. The summed E-state index contributed by atoms with van der Waals surface area (Å²) in [5, 5.41) is 0. The molecule has 0 unspecified atom stereocenters. The van der Waals surface area contributed by atoms with Crippen LogP contribution in [-0.2, 0) is 14.3 Å². The second kappa shape index (κ2) is 8.69. The summed E-state index contributed by atoms with van der Waals surface area (Å²) in [6.45, 7) is 14.4. The lowest BCUT2D eigenvalue weighted by atomic mass is 9.59. The molecule has 27 heavy (non-hydrogen) atoms. The van der Waals surface area contributed by atoms with Crippen LogP contribution in [0.4, 0.5) is 0 Å². The molecule has 0 spiro atoms. The fourth-order valence-electron chi connectivity index (χ4n) is 3.73. The van der Waals surface area contributed by atoms with Crippen LogP contribution in [0, 0.1) is 23.2 Å². The summed E-state index contributed by atoms with van der Waals surface area (Å²) in [5.41, 5.74) is 1.71. The van der Waals surface area contributed by atoms with E-state index >= 15 is 0 Å². The quantitative estimate of drug-likeness (QED) is 0.274.